The van der Waals surface area contributed by atoms with Crippen LogP contribution < -0.4 is 0 Å². The largest absolute Gasteiger partial charge is 0.481 e. The molecule has 0 bridgehead atoms. The molecule has 0 aliphatic rings. The van der Waals surface area contributed by atoms with Crippen LogP contribution in [0.1, 0.15) is 25.0 Å². The standard InChI is InChI=1S/C13H20N2O2/c1-4-15(8-11(3)13(16)17)9-12-5-10(2)6-14-7-12/h5-7,11H,4,8-9H2,1-3H3,(H,16,17). The second-order valence-electron chi connectivity index (χ2n) is 4.44. The van der Waals surface area contributed by atoms with E-state index in [2.05, 4.69) is 16.0 Å². The summed E-state index contributed by atoms with van der Waals surface area (Å²) < 4.78 is 0. The van der Waals surface area contributed by atoms with Crippen molar-refractivity contribution in [3.8, 4) is 0 Å². The van der Waals surface area contributed by atoms with Crippen LogP contribution in [0.5, 0.6) is 0 Å². The summed E-state index contributed by atoms with van der Waals surface area (Å²) in [7, 11) is 0. The Kier molecular flexibility index (Phi) is 5.10. The van der Waals surface area contributed by atoms with Gasteiger partial charge >= 0.3 is 5.97 Å². The molecule has 0 spiro atoms. The summed E-state index contributed by atoms with van der Waals surface area (Å²) in [5.74, 6) is -1.08. The Bertz CT molecular complexity index is 379. The summed E-state index contributed by atoms with van der Waals surface area (Å²) in [4.78, 5) is 17.1. The molecule has 1 aromatic rings. The van der Waals surface area contributed by atoms with Crippen molar-refractivity contribution in [2.45, 2.75) is 27.3 Å². The van der Waals surface area contributed by atoms with Crippen molar-refractivity contribution in [2.75, 3.05) is 13.1 Å². The summed E-state index contributed by atoms with van der Waals surface area (Å²) in [6.45, 7) is 7.94. The van der Waals surface area contributed by atoms with Gasteiger partial charge in [0.25, 0.3) is 0 Å². The van der Waals surface area contributed by atoms with Crippen LogP contribution in [-0.4, -0.2) is 34.0 Å². The van der Waals surface area contributed by atoms with E-state index in [1.54, 1.807) is 6.92 Å². The average Bonchev–Trinajstić information content (AvgIpc) is 2.27. The van der Waals surface area contributed by atoms with Crippen molar-refractivity contribution in [2.24, 2.45) is 5.92 Å². The van der Waals surface area contributed by atoms with Gasteiger partial charge in [0.05, 0.1) is 5.92 Å². The fourth-order valence-electron chi connectivity index (χ4n) is 1.73. The molecule has 1 rings (SSSR count). The number of aliphatic carboxylic acids is 1. The van der Waals surface area contributed by atoms with E-state index in [0.717, 1.165) is 24.2 Å². The van der Waals surface area contributed by atoms with Crippen molar-refractivity contribution < 1.29 is 9.90 Å². The van der Waals surface area contributed by atoms with E-state index in [-0.39, 0.29) is 5.92 Å². The highest BCUT2D eigenvalue weighted by atomic mass is 16.4. The number of hydrogen-bond donors (Lipinski definition) is 1. The lowest BCUT2D eigenvalue weighted by Gasteiger charge is -2.22. The Hall–Kier alpha value is -1.42. The van der Waals surface area contributed by atoms with Crippen LogP contribution in [0.4, 0.5) is 0 Å². The molecule has 1 unspecified atom stereocenters. The zero-order chi connectivity index (χ0) is 12.8. The number of carboxylic acid groups (broad SMARTS) is 1. The molecule has 0 radical (unpaired) electrons. The van der Waals surface area contributed by atoms with Crippen LogP contribution >= 0.6 is 0 Å². The molecule has 1 N–H and O–H groups in total. The number of aryl methyl sites for hydroxylation is 1. The highest BCUT2D eigenvalue weighted by molar-refractivity contribution is 5.69. The molecule has 0 saturated heterocycles. The Labute approximate surface area is 102 Å². The molecule has 94 valence electrons. The molecule has 0 aliphatic carbocycles. The van der Waals surface area contributed by atoms with Gasteiger partial charge in [0, 0.05) is 25.5 Å². The van der Waals surface area contributed by atoms with Crippen LogP contribution in [0.15, 0.2) is 18.5 Å². The Morgan fingerprint density at radius 1 is 1.53 bits per heavy atom. The molecule has 4 nitrogen and oxygen atoms in total. The lowest BCUT2D eigenvalue weighted by atomic mass is 10.1. The van der Waals surface area contributed by atoms with E-state index in [4.69, 9.17) is 5.11 Å². The maximum absolute atomic E-state index is 10.8. The van der Waals surface area contributed by atoms with Crippen molar-refractivity contribution in [1.82, 2.24) is 9.88 Å². The molecule has 0 amide bonds. The maximum Gasteiger partial charge on any atom is 0.307 e. The molecular weight excluding hydrogens is 216 g/mol. The third-order valence-corrected chi connectivity index (χ3v) is 2.74. The first-order valence-corrected chi connectivity index (χ1v) is 5.88. The summed E-state index contributed by atoms with van der Waals surface area (Å²) >= 11 is 0. The third-order valence-electron chi connectivity index (χ3n) is 2.74. The molecule has 4 heteroatoms. The SMILES string of the molecule is CCN(Cc1cncc(C)c1)CC(C)C(=O)O. The number of carbonyl (C=O) groups is 1. The van der Waals surface area contributed by atoms with Crippen LogP contribution in [0.2, 0.25) is 0 Å². The minimum atomic E-state index is -0.745. The van der Waals surface area contributed by atoms with E-state index in [9.17, 15) is 4.79 Å². The third kappa shape index (κ3) is 4.53. The van der Waals surface area contributed by atoms with Gasteiger partial charge in [0.1, 0.15) is 0 Å². The lowest BCUT2D eigenvalue weighted by molar-refractivity contribution is -0.141. The molecule has 1 atom stereocenters. The van der Waals surface area contributed by atoms with E-state index in [0.29, 0.717) is 6.54 Å². The average molecular weight is 236 g/mol. The van der Waals surface area contributed by atoms with Crippen molar-refractivity contribution >= 4 is 5.97 Å². The quantitative estimate of drug-likeness (QED) is 0.820. The van der Waals surface area contributed by atoms with Gasteiger partial charge in [-0.05, 0) is 24.6 Å². The van der Waals surface area contributed by atoms with Crippen molar-refractivity contribution in [1.29, 1.82) is 0 Å². The highest BCUT2D eigenvalue weighted by Gasteiger charge is 2.15. The predicted octanol–water partition coefficient (Wildman–Crippen LogP) is 1.93. The normalized spacial score (nSPS) is 12.7. The molecule has 0 fully saturated rings. The molecule has 0 aliphatic heterocycles. The molecule has 17 heavy (non-hydrogen) atoms. The van der Waals surface area contributed by atoms with Crippen molar-refractivity contribution in [3.63, 3.8) is 0 Å². The second kappa shape index (κ2) is 6.35. The number of pyridine rings is 1. The first kappa shape index (κ1) is 13.6. The van der Waals surface area contributed by atoms with Gasteiger partial charge < -0.3 is 5.11 Å². The fourth-order valence-corrected chi connectivity index (χ4v) is 1.73. The minimum Gasteiger partial charge on any atom is -0.481 e. The van der Waals surface area contributed by atoms with Gasteiger partial charge in [-0.15, -0.1) is 0 Å². The second-order valence-corrected chi connectivity index (χ2v) is 4.44. The molecule has 0 aromatic carbocycles. The van der Waals surface area contributed by atoms with Gasteiger partial charge in [-0.2, -0.15) is 0 Å². The molecule has 1 aromatic heterocycles. The summed E-state index contributed by atoms with van der Waals surface area (Å²) in [6, 6.07) is 2.08. The van der Waals surface area contributed by atoms with Gasteiger partial charge in [-0.3, -0.25) is 14.7 Å². The van der Waals surface area contributed by atoms with E-state index in [1.807, 2.05) is 26.2 Å². The zero-order valence-corrected chi connectivity index (χ0v) is 10.7. The van der Waals surface area contributed by atoms with Gasteiger partial charge in [-0.1, -0.05) is 19.9 Å². The number of carboxylic acids is 1. The maximum atomic E-state index is 10.8. The summed E-state index contributed by atoms with van der Waals surface area (Å²) in [5.41, 5.74) is 2.26. The van der Waals surface area contributed by atoms with Gasteiger partial charge in [0.15, 0.2) is 0 Å². The van der Waals surface area contributed by atoms with E-state index < -0.39 is 5.97 Å². The minimum absolute atomic E-state index is 0.340. The first-order chi connectivity index (χ1) is 8.02. The lowest BCUT2D eigenvalue weighted by Crippen LogP contribution is -2.31. The van der Waals surface area contributed by atoms with Gasteiger partial charge in [0.2, 0.25) is 0 Å². The molecule has 1 heterocycles. The number of rotatable bonds is 6. The molecule has 0 saturated carbocycles. The Morgan fingerprint density at radius 2 is 2.24 bits per heavy atom. The monoisotopic (exact) mass is 236 g/mol. The summed E-state index contributed by atoms with van der Waals surface area (Å²) in [5, 5.41) is 8.90. The number of hydrogen-bond acceptors (Lipinski definition) is 3. The fraction of sp³-hybridized carbons (Fsp3) is 0.538. The van der Waals surface area contributed by atoms with Crippen LogP contribution in [0.25, 0.3) is 0 Å². The first-order valence-electron chi connectivity index (χ1n) is 5.88. The van der Waals surface area contributed by atoms with Crippen LogP contribution in [0.3, 0.4) is 0 Å². The van der Waals surface area contributed by atoms with Gasteiger partial charge in [-0.25, -0.2) is 0 Å². The van der Waals surface area contributed by atoms with Crippen LogP contribution in [0, 0.1) is 12.8 Å². The predicted molar refractivity (Wildman–Crippen MR) is 66.7 cm³/mol. The molecular formula is C13H20N2O2. The van der Waals surface area contributed by atoms with E-state index in [1.165, 1.54) is 0 Å². The van der Waals surface area contributed by atoms with Crippen molar-refractivity contribution in [3.05, 3.63) is 29.6 Å². The smallest absolute Gasteiger partial charge is 0.307 e. The number of nitrogens with zero attached hydrogens (tertiary/aromatic N) is 2. The topological polar surface area (TPSA) is 53.4 Å². The highest BCUT2D eigenvalue weighted by Crippen LogP contribution is 2.08. The number of aromatic nitrogens is 1. The summed E-state index contributed by atoms with van der Waals surface area (Å²) in [6.07, 6.45) is 3.65. The zero-order valence-electron chi connectivity index (χ0n) is 10.7. The van der Waals surface area contributed by atoms with E-state index >= 15 is 0 Å². The van der Waals surface area contributed by atoms with Crippen LogP contribution in [-0.2, 0) is 11.3 Å². The Morgan fingerprint density at radius 3 is 2.76 bits per heavy atom. The Balaban J connectivity index is 2.61.